The number of para-hydroxylation sites is 1. The van der Waals surface area contributed by atoms with Gasteiger partial charge in [-0.2, -0.15) is 0 Å². The molecular weight excluding hydrogens is 322 g/mol. The van der Waals surface area contributed by atoms with Gasteiger partial charge in [-0.3, -0.25) is 9.59 Å². The normalized spacial score (nSPS) is 13.2. The molecule has 2 amide bonds. The Morgan fingerprint density at radius 3 is 3.00 bits per heavy atom. The lowest BCUT2D eigenvalue weighted by Gasteiger charge is -2.04. The van der Waals surface area contributed by atoms with Gasteiger partial charge in [0.2, 0.25) is 11.8 Å². The van der Waals surface area contributed by atoms with Crippen molar-refractivity contribution in [3.8, 4) is 0 Å². The van der Waals surface area contributed by atoms with Crippen molar-refractivity contribution in [3.63, 3.8) is 0 Å². The molecule has 0 atom stereocenters. The highest BCUT2D eigenvalue weighted by atomic mass is 32.1. The molecule has 118 valence electrons. The molecule has 0 unspecified atom stereocenters. The first kappa shape index (κ1) is 14.6. The molecule has 0 saturated heterocycles. The van der Waals surface area contributed by atoms with E-state index in [1.54, 1.807) is 18.2 Å². The first-order valence-electron chi connectivity index (χ1n) is 7.45. The number of carbonyl (C=O) groups is 2. The summed E-state index contributed by atoms with van der Waals surface area (Å²) in [6.45, 7) is 0. The van der Waals surface area contributed by atoms with Gasteiger partial charge in [-0.25, -0.2) is 4.98 Å². The number of thiazole rings is 1. The summed E-state index contributed by atoms with van der Waals surface area (Å²) in [5, 5.41) is 6.35. The summed E-state index contributed by atoms with van der Waals surface area (Å²) >= 11 is 1.54. The molecule has 2 heterocycles. The monoisotopic (exact) mass is 335 g/mol. The maximum absolute atomic E-state index is 12.1. The van der Waals surface area contributed by atoms with Crippen molar-refractivity contribution in [2.24, 2.45) is 0 Å². The molecule has 1 aromatic heterocycles. The van der Waals surface area contributed by atoms with Gasteiger partial charge in [-0.1, -0.05) is 12.1 Å². The van der Waals surface area contributed by atoms with Gasteiger partial charge in [0.15, 0.2) is 0 Å². The lowest BCUT2D eigenvalue weighted by molar-refractivity contribution is -0.115. The van der Waals surface area contributed by atoms with Crippen molar-refractivity contribution < 1.29 is 9.59 Å². The summed E-state index contributed by atoms with van der Waals surface area (Å²) in [7, 11) is 0. The Morgan fingerprint density at radius 2 is 2.12 bits per heavy atom. The van der Waals surface area contributed by atoms with Crippen LogP contribution in [0.25, 0.3) is 16.3 Å². The van der Waals surface area contributed by atoms with Gasteiger partial charge in [0.1, 0.15) is 5.01 Å². The van der Waals surface area contributed by atoms with Gasteiger partial charge in [0, 0.05) is 17.5 Å². The maximum atomic E-state index is 12.1. The van der Waals surface area contributed by atoms with Crippen LogP contribution in [0.5, 0.6) is 0 Å². The first-order valence-corrected chi connectivity index (χ1v) is 8.26. The van der Waals surface area contributed by atoms with Crippen LogP contribution in [0, 0.1) is 0 Å². The molecule has 24 heavy (non-hydrogen) atoms. The van der Waals surface area contributed by atoms with Gasteiger partial charge in [-0.15, -0.1) is 11.3 Å². The number of rotatable bonds is 3. The van der Waals surface area contributed by atoms with Gasteiger partial charge < -0.3 is 10.6 Å². The Labute approximate surface area is 142 Å². The first-order chi connectivity index (χ1) is 11.7. The number of carbonyl (C=O) groups excluding carboxylic acids is 2. The van der Waals surface area contributed by atoms with Gasteiger partial charge >= 0.3 is 0 Å². The molecule has 1 aliphatic rings. The second-order valence-electron chi connectivity index (χ2n) is 5.44. The predicted molar refractivity (Wildman–Crippen MR) is 96.1 cm³/mol. The highest BCUT2D eigenvalue weighted by molar-refractivity contribution is 7.19. The molecule has 6 heteroatoms. The predicted octanol–water partition coefficient (Wildman–Crippen LogP) is 3.44. The van der Waals surface area contributed by atoms with Gasteiger partial charge in [0.25, 0.3) is 0 Å². The zero-order valence-electron chi connectivity index (χ0n) is 12.6. The molecule has 3 aromatic rings. The van der Waals surface area contributed by atoms with Crippen LogP contribution in [-0.2, 0) is 16.0 Å². The Morgan fingerprint density at radius 1 is 1.25 bits per heavy atom. The second-order valence-corrected chi connectivity index (χ2v) is 6.50. The second kappa shape index (κ2) is 5.90. The molecule has 2 N–H and O–H groups in total. The fourth-order valence-corrected chi connectivity index (χ4v) is 3.47. The lowest BCUT2D eigenvalue weighted by Crippen LogP contribution is -2.07. The average Bonchev–Trinajstić information content (AvgIpc) is 3.14. The third-order valence-electron chi connectivity index (χ3n) is 3.69. The van der Waals surface area contributed by atoms with Crippen LogP contribution in [0.3, 0.4) is 0 Å². The van der Waals surface area contributed by atoms with Crippen LogP contribution in [0.15, 0.2) is 48.5 Å². The number of fused-ring (bicyclic) bond motifs is 2. The summed E-state index contributed by atoms with van der Waals surface area (Å²) in [5.74, 6) is -0.254. The number of hydrogen-bond acceptors (Lipinski definition) is 4. The Hall–Kier alpha value is -2.99. The van der Waals surface area contributed by atoms with Crippen molar-refractivity contribution in [2.45, 2.75) is 6.42 Å². The van der Waals surface area contributed by atoms with Crippen LogP contribution >= 0.6 is 11.3 Å². The van der Waals surface area contributed by atoms with E-state index in [-0.39, 0.29) is 11.8 Å². The van der Waals surface area contributed by atoms with Crippen LogP contribution in [0.1, 0.15) is 10.6 Å². The quantitative estimate of drug-likeness (QED) is 0.720. The summed E-state index contributed by atoms with van der Waals surface area (Å²) in [4.78, 5) is 27.9. The number of hydrogen-bond donors (Lipinski definition) is 2. The minimum atomic E-state index is -0.230. The van der Waals surface area contributed by atoms with E-state index in [1.165, 1.54) is 17.4 Å². The van der Waals surface area contributed by atoms with Crippen LogP contribution in [-0.4, -0.2) is 16.8 Å². The SMILES string of the molecule is O=C(C=Cc1nc2ccccc2s1)Nc1ccc2c(c1)CC(=O)N2. The summed E-state index contributed by atoms with van der Waals surface area (Å²) in [6, 6.07) is 13.2. The van der Waals surface area contributed by atoms with Crippen molar-refractivity contribution in [1.29, 1.82) is 0 Å². The van der Waals surface area contributed by atoms with E-state index in [0.717, 1.165) is 26.5 Å². The third kappa shape index (κ3) is 2.91. The number of nitrogens with zero attached hydrogens (tertiary/aromatic N) is 1. The summed E-state index contributed by atoms with van der Waals surface area (Å²) < 4.78 is 1.09. The smallest absolute Gasteiger partial charge is 0.248 e. The molecule has 0 fully saturated rings. The van der Waals surface area contributed by atoms with E-state index in [4.69, 9.17) is 0 Å². The Bertz CT molecular complexity index is 958. The van der Waals surface area contributed by atoms with Crippen molar-refractivity contribution in [1.82, 2.24) is 4.98 Å². The molecule has 2 aromatic carbocycles. The van der Waals surface area contributed by atoms with Gasteiger partial charge in [-0.05, 0) is 42.0 Å². The Kier molecular flexibility index (Phi) is 3.59. The van der Waals surface area contributed by atoms with E-state index in [9.17, 15) is 9.59 Å². The molecule has 0 radical (unpaired) electrons. The summed E-state index contributed by atoms with van der Waals surface area (Å²) in [5.41, 5.74) is 3.30. The van der Waals surface area contributed by atoms with E-state index in [2.05, 4.69) is 15.6 Å². The van der Waals surface area contributed by atoms with E-state index >= 15 is 0 Å². The summed E-state index contributed by atoms with van der Waals surface area (Å²) in [6.07, 6.45) is 3.52. The fourth-order valence-electron chi connectivity index (χ4n) is 2.60. The number of amides is 2. The fraction of sp³-hybridized carbons (Fsp3) is 0.0556. The highest BCUT2D eigenvalue weighted by Gasteiger charge is 2.17. The minimum Gasteiger partial charge on any atom is -0.326 e. The average molecular weight is 335 g/mol. The highest BCUT2D eigenvalue weighted by Crippen LogP contribution is 2.26. The number of anilines is 2. The van der Waals surface area contributed by atoms with E-state index < -0.39 is 0 Å². The zero-order chi connectivity index (χ0) is 16.5. The van der Waals surface area contributed by atoms with Crippen molar-refractivity contribution in [2.75, 3.05) is 10.6 Å². The van der Waals surface area contributed by atoms with Crippen molar-refractivity contribution in [3.05, 3.63) is 59.1 Å². The molecule has 5 nitrogen and oxygen atoms in total. The van der Waals surface area contributed by atoms with Crippen LogP contribution in [0.2, 0.25) is 0 Å². The molecule has 0 aliphatic carbocycles. The lowest BCUT2D eigenvalue weighted by atomic mass is 10.1. The zero-order valence-corrected chi connectivity index (χ0v) is 13.4. The largest absolute Gasteiger partial charge is 0.326 e. The van der Waals surface area contributed by atoms with E-state index in [1.807, 2.05) is 30.3 Å². The third-order valence-corrected chi connectivity index (χ3v) is 4.69. The van der Waals surface area contributed by atoms with Gasteiger partial charge in [0.05, 0.1) is 16.6 Å². The van der Waals surface area contributed by atoms with Crippen molar-refractivity contribution >= 4 is 50.8 Å². The van der Waals surface area contributed by atoms with Crippen LogP contribution < -0.4 is 10.6 Å². The molecule has 0 bridgehead atoms. The van der Waals surface area contributed by atoms with E-state index in [0.29, 0.717) is 12.1 Å². The maximum Gasteiger partial charge on any atom is 0.248 e. The number of aromatic nitrogens is 1. The topological polar surface area (TPSA) is 71.1 Å². The number of benzene rings is 2. The molecule has 0 spiro atoms. The Balaban J connectivity index is 1.46. The molecule has 4 rings (SSSR count). The van der Waals surface area contributed by atoms with Crippen LogP contribution in [0.4, 0.5) is 11.4 Å². The molecule has 1 aliphatic heterocycles. The number of nitrogens with one attached hydrogen (secondary N) is 2. The minimum absolute atomic E-state index is 0.0239. The molecular formula is C18H13N3O2S. The molecule has 0 saturated carbocycles. The standard InChI is InChI=1S/C18H13N3O2S/c22-16(7-8-18-21-14-3-1-2-4-15(14)24-18)19-12-5-6-13-11(9-12)10-17(23)20-13/h1-9H,10H2,(H,19,22)(H,20,23).